The van der Waals surface area contributed by atoms with Gasteiger partial charge in [-0.2, -0.15) is 0 Å². The molecule has 0 saturated carbocycles. The maximum Gasteiger partial charge on any atom is 0.237 e. The summed E-state index contributed by atoms with van der Waals surface area (Å²) in [5.41, 5.74) is 1.28. The first-order valence-corrected chi connectivity index (χ1v) is 9.22. The molecule has 3 rings (SSSR count). The number of amides is 1. The van der Waals surface area contributed by atoms with Gasteiger partial charge in [-0.3, -0.25) is 19.1 Å². The molecular weight excluding hydrogens is 358 g/mol. The Morgan fingerprint density at radius 1 is 1.14 bits per heavy atom. The zero-order valence-corrected chi connectivity index (χ0v) is 16.6. The second-order valence-electron chi connectivity index (χ2n) is 6.93. The average Bonchev–Trinajstić information content (AvgIpc) is 3.08. The first kappa shape index (κ1) is 19.7. The van der Waals surface area contributed by atoms with E-state index in [0.29, 0.717) is 29.2 Å². The van der Waals surface area contributed by atoms with Crippen LogP contribution < -0.4 is 19.9 Å². The van der Waals surface area contributed by atoms with Crippen molar-refractivity contribution in [2.24, 2.45) is 10.9 Å². The van der Waals surface area contributed by atoms with Crippen LogP contribution in [-0.2, 0) is 4.79 Å². The first-order valence-electron chi connectivity index (χ1n) is 9.22. The number of benzene rings is 1. The number of carbonyl (C=O) groups excluding carboxylic acids is 2. The molecule has 0 N–H and O–H groups in total. The lowest BCUT2D eigenvalue weighted by Gasteiger charge is -2.18. The Morgan fingerprint density at radius 2 is 1.89 bits per heavy atom. The fraction of sp³-hybridized carbons (Fsp3) is 0.381. The summed E-state index contributed by atoms with van der Waals surface area (Å²) in [7, 11) is 3.11. The predicted molar refractivity (Wildman–Crippen MR) is 106 cm³/mol. The van der Waals surface area contributed by atoms with E-state index in [2.05, 4.69) is 4.99 Å². The maximum absolute atomic E-state index is 13.1. The number of nitrogens with zero attached hydrogens (tertiary/aromatic N) is 3. The zero-order chi connectivity index (χ0) is 20.3. The summed E-state index contributed by atoms with van der Waals surface area (Å²) in [6.07, 6.45) is 1.86. The molecule has 1 atom stereocenters. The zero-order valence-electron chi connectivity index (χ0n) is 16.6. The minimum atomic E-state index is -0.436. The van der Waals surface area contributed by atoms with Gasteiger partial charge in [0.1, 0.15) is 5.49 Å². The topological polar surface area (TPSA) is 73.1 Å². The van der Waals surface area contributed by atoms with Gasteiger partial charge >= 0.3 is 0 Å². The molecule has 28 heavy (non-hydrogen) atoms. The Hall–Kier alpha value is -3.09. The Labute approximate surface area is 164 Å². The second-order valence-corrected chi connectivity index (χ2v) is 6.93. The summed E-state index contributed by atoms with van der Waals surface area (Å²) in [6, 6.07) is 10.8. The summed E-state index contributed by atoms with van der Waals surface area (Å²) in [6.45, 7) is 4.23. The largest absolute Gasteiger partial charge is 0.493 e. The molecule has 1 aliphatic rings. The van der Waals surface area contributed by atoms with Gasteiger partial charge in [0.15, 0.2) is 11.5 Å². The van der Waals surface area contributed by atoms with Crippen molar-refractivity contribution in [2.75, 3.05) is 25.7 Å². The van der Waals surface area contributed by atoms with Crippen molar-refractivity contribution in [3.63, 3.8) is 0 Å². The third-order valence-electron chi connectivity index (χ3n) is 4.62. The van der Waals surface area contributed by atoms with E-state index in [4.69, 9.17) is 9.47 Å². The Morgan fingerprint density at radius 3 is 2.57 bits per heavy atom. The number of carbonyl (C=O) groups is 2. The van der Waals surface area contributed by atoms with E-state index < -0.39 is 5.92 Å². The van der Waals surface area contributed by atoms with E-state index >= 15 is 0 Å². The average molecular weight is 383 g/mol. The molecule has 2 heterocycles. The van der Waals surface area contributed by atoms with Crippen LogP contribution in [0, 0.1) is 5.92 Å². The lowest BCUT2D eigenvalue weighted by molar-refractivity contribution is -0.117. The molecule has 1 unspecified atom stereocenters. The summed E-state index contributed by atoms with van der Waals surface area (Å²) < 4.78 is 12.1. The van der Waals surface area contributed by atoms with Crippen LogP contribution in [-0.4, -0.2) is 43.2 Å². The van der Waals surface area contributed by atoms with E-state index in [1.54, 1.807) is 55.6 Å². The quantitative estimate of drug-likeness (QED) is 0.795. The van der Waals surface area contributed by atoms with E-state index in [-0.39, 0.29) is 24.3 Å². The van der Waals surface area contributed by atoms with Crippen LogP contribution in [0.25, 0.3) is 0 Å². The molecule has 1 amide bonds. The van der Waals surface area contributed by atoms with Crippen molar-refractivity contribution in [2.45, 2.75) is 26.3 Å². The van der Waals surface area contributed by atoms with Crippen molar-refractivity contribution in [3.8, 4) is 11.5 Å². The second kappa shape index (κ2) is 8.29. The van der Waals surface area contributed by atoms with Crippen LogP contribution in [0.15, 0.2) is 47.6 Å². The monoisotopic (exact) mass is 383 g/mol. The highest BCUT2D eigenvalue weighted by molar-refractivity contribution is 6.00. The smallest absolute Gasteiger partial charge is 0.237 e. The Bertz CT molecular complexity index is 949. The number of anilines is 1. The van der Waals surface area contributed by atoms with Gasteiger partial charge in [0.25, 0.3) is 0 Å². The van der Waals surface area contributed by atoms with E-state index in [9.17, 15) is 9.59 Å². The fourth-order valence-corrected chi connectivity index (χ4v) is 3.30. The molecule has 1 aliphatic heterocycles. The fourth-order valence-electron chi connectivity index (χ4n) is 3.30. The standard InChI is InChI=1S/C21H25N3O4/c1-14(2)22-19-7-5-6-10-23(19)21(26)15-11-20(25)24(13-15)16-8-9-17(27-3)18(12-16)28-4/h5-10,12,14-15H,11,13H2,1-4H3. The highest BCUT2D eigenvalue weighted by Gasteiger charge is 2.36. The van der Waals surface area contributed by atoms with Gasteiger partial charge < -0.3 is 14.4 Å². The molecule has 0 bridgehead atoms. The van der Waals surface area contributed by atoms with Gasteiger partial charge in [-0.25, -0.2) is 0 Å². The van der Waals surface area contributed by atoms with Gasteiger partial charge in [0.05, 0.1) is 20.1 Å². The van der Waals surface area contributed by atoms with E-state index in [0.717, 1.165) is 0 Å². The summed E-state index contributed by atoms with van der Waals surface area (Å²) in [5, 5.41) is 0. The summed E-state index contributed by atoms with van der Waals surface area (Å²) in [4.78, 5) is 31.8. The number of aromatic nitrogens is 1. The van der Waals surface area contributed by atoms with E-state index in [1.807, 2.05) is 19.9 Å². The number of methoxy groups -OCH3 is 2. The molecular formula is C21H25N3O4. The highest BCUT2D eigenvalue weighted by Crippen LogP contribution is 2.34. The summed E-state index contributed by atoms with van der Waals surface area (Å²) in [5.74, 6) is 0.471. The van der Waals surface area contributed by atoms with Crippen molar-refractivity contribution in [1.29, 1.82) is 0 Å². The van der Waals surface area contributed by atoms with Crippen LogP contribution in [0.1, 0.15) is 25.1 Å². The molecule has 148 valence electrons. The van der Waals surface area contributed by atoms with Gasteiger partial charge in [-0.1, -0.05) is 6.07 Å². The predicted octanol–water partition coefficient (Wildman–Crippen LogP) is 2.51. The number of hydrogen-bond acceptors (Lipinski definition) is 5. The van der Waals surface area contributed by atoms with Crippen molar-refractivity contribution in [1.82, 2.24) is 4.57 Å². The van der Waals surface area contributed by atoms with Crippen molar-refractivity contribution < 1.29 is 19.1 Å². The normalized spacial score (nSPS) is 17.3. The lowest BCUT2D eigenvalue weighted by atomic mass is 10.1. The van der Waals surface area contributed by atoms with Gasteiger partial charge in [0, 0.05) is 37.0 Å². The number of pyridine rings is 1. The van der Waals surface area contributed by atoms with Gasteiger partial charge in [-0.05, 0) is 38.1 Å². The Balaban J connectivity index is 1.87. The van der Waals surface area contributed by atoms with Crippen LogP contribution >= 0.6 is 0 Å². The number of ether oxygens (including phenoxy) is 2. The van der Waals surface area contributed by atoms with E-state index in [1.165, 1.54) is 4.57 Å². The minimum Gasteiger partial charge on any atom is -0.493 e. The molecule has 2 aromatic rings. The molecule has 1 aromatic heterocycles. The lowest BCUT2D eigenvalue weighted by Crippen LogP contribution is -2.34. The minimum absolute atomic E-state index is 0.0647. The van der Waals surface area contributed by atoms with Crippen LogP contribution in [0.3, 0.4) is 0 Å². The molecule has 0 spiro atoms. The maximum atomic E-state index is 13.1. The van der Waals surface area contributed by atoms with Gasteiger partial charge in [0.2, 0.25) is 11.8 Å². The molecule has 1 aromatic carbocycles. The van der Waals surface area contributed by atoms with Crippen molar-refractivity contribution >= 4 is 17.5 Å². The van der Waals surface area contributed by atoms with Gasteiger partial charge in [-0.15, -0.1) is 0 Å². The first-order chi connectivity index (χ1) is 13.4. The molecule has 1 saturated heterocycles. The number of hydrogen-bond donors (Lipinski definition) is 0. The number of rotatable bonds is 5. The molecule has 0 radical (unpaired) electrons. The molecule has 0 aliphatic carbocycles. The van der Waals surface area contributed by atoms with Crippen molar-refractivity contribution in [3.05, 3.63) is 48.1 Å². The van der Waals surface area contributed by atoms with Crippen LogP contribution in [0.4, 0.5) is 5.69 Å². The Kier molecular flexibility index (Phi) is 5.82. The van der Waals surface area contributed by atoms with Crippen LogP contribution in [0.2, 0.25) is 0 Å². The SMILES string of the molecule is COc1ccc(N2CC(C(=O)n3ccccc3=NC(C)C)CC2=O)cc1OC. The third-order valence-corrected chi connectivity index (χ3v) is 4.62. The molecule has 1 fully saturated rings. The molecule has 7 heteroatoms. The highest BCUT2D eigenvalue weighted by atomic mass is 16.5. The molecule has 7 nitrogen and oxygen atoms in total. The van der Waals surface area contributed by atoms with Crippen LogP contribution in [0.5, 0.6) is 11.5 Å². The summed E-state index contributed by atoms with van der Waals surface area (Å²) >= 11 is 0. The third kappa shape index (κ3) is 3.93.